The van der Waals surface area contributed by atoms with Crippen LogP contribution in [-0.4, -0.2) is 17.3 Å². The van der Waals surface area contributed by atoms with Gasteiger partial charge in [-0.2, -0.15) is 0 Å². The summed E-state index contributed by atoms with van der Waals surface area (Å²) in [5, 5.41) is 10.7. The van der Waals surface area contributed by atoms with E-state index in [0.717, 1.165) is 38.9 Å². The molecule has 21 heavy (non-hydrogen) atoms. The minimum Gasteiger partial charge on any atom is -0.496 e. The summed E-state index contributed by atoms with van der Waals surface area (Å²) in [4.78, 5) is 0. The molecule has 0 spiro atoms. The van der Waals surface area contributed by atoms with Crippen molar-refractivity contribution in [1.29, 1.82) is 0 Å². The fraction of sp³-hybridized carbons (Fsp3) is 0.176. The number of hydrogen-bond acceptors (Lipinski definition) is 3. The molecule has 0 atom stereocenters. The summed E-state index contributed by atoms with van der Waals surface area (Å²) in [6, 6.07) is 12.1. The first kappa shape index (κ1) is 13.8. The Labute approximate surface area is 128 Å². The smallest absolute Gasteiger partial charge is 0.159 e. The molecule has 0 aliphatic carbocycles. The standard InChI is InChI=1S/C17H15ClN2O/c1-10-4-6-12-14(8-10)16(19-20-17(12)18)13-7-5-11(2)9-15(13)21-3/h4-9H,1-3H3. The second kappa shape index (κ2) is 5.34. The number of halogens is 1. The average molecular weight is 299 g/mol. The van der Waals surface area contributed by atoms with Gasteiger partial charge >= 0.3 is 0 Å². The van der Waals surface area contributed by atoms with Gasteiger partial charge in [-0.3, -0.25) is 0 Å². The lowest BCUT2D eigenvalue weighted by Gasteiger charge is -2.11. The number of ether oxygens (including phenoxy) is 1. The summed E-state index contributed by atoms with van der Waals surface area (Å²) in [7, 11) is 1.66. The summed E-state index contributed by atoms with van der Waals surface area (Å²) in [5.41, 5.74) is 4.00. The van der Waals surface area contributed by atoms with Gasteiger partial charge < -0.3 is 4.74 Å². The lowest BCUT2D eigenvalue weighted by molar-refractivity contribution is 0.416. The topological polar surface area (TPSA) is 35.0 Å². The van der Waals surface area contributed by atoms with E-state index in [9.17, 15) is 0 Å². The van der Waals surface area contributed by atoms with Crippen LogP contribution in [0.25, 0.3) is 22.0 Å². The van der Waals surface area contributed by atoms with Crippen molar-refractivity contribution in [2.75, 3.05) is 7.11 Å². The van der Waals surface area contributed by atoms with Gasteiger partial charge in [0, 0.05) is 16.3 Å². The van der Waals surface area contributed by atoms with Crippen LogP contribution in [-0.2, 0) is 0 Å². The Bertz CT molecular complexity index is 830. The minimum atomic E-state index is 0.417. The zero-order chi connectivity index (χ0) is 15.0. The molecule has 0 radical (unpaired) electrons. The number of nitrogens with zero attached hydrogens (tertiary/aromatic N) is 2. The maximum Gasteiger partial charge on any atom is 0.159 e. The average Bonchev–Trinajstić information content (AvgIpc) is 2.48. The normalized spacial score (nSPS) is 10.9. The van der Waals surface area contributed by atoms with Crippen molar-refractivity contribution in [2.24, 2.45) is 0 Å². The van der Waals surface area contributed by atoms with Gasteiger partial charge in [0.05, 0.1) is 7.11 Å². The Morgan fingerprint density at radius 1 is 0.905 bits per heavy atom. The van der Waals surface area contributed by atoms with E-state index < -0.39 is 0 Å². The fourth-order valence-corrected chi connectivity index (χ4v) is 2.63. The highest BCUT2D eigenvalue weighted by atomic mass is 35.5. The summed E-state index contributed by atoms with van der Waals surface area (Å²) < 4.78 is 5.49. The lowest BCUT2D eigenvalue weighted by Crippen LogP contribution is -1.95. The molecule has 0 amide bonds. The number of aromatic nitrogens is 2. The van der Waals surface area contributed by atoms with Crippen LogP contribution in [0.2, 0.25) is 5.15 Å². The molecule has 0 aliphatic rings. The summed E-state index contributed by atoms with van der Waals surface area (Å²) >= 11 is 6.16. The zero-order valence-electron chi connectivity index (χ0n) is 12.1. The monoisotopic (exact) mass is 298 g/mol. The second-order valence-electron chi connectivity index (χ2n) is 5.09. The highest BCUT2D eigenvalue weighted by Crippen LogP contribution is 2.35. The van der Waals surface area contributed by atoms with Crippen LogP contribution in [0, 0.1) is 13.8 Å². The molecule has 2 aromatic carbocycles. The van der Waals surface area contributed by atoms with E-state index >= 15 is 0 Å². The van der Waals surface area contributed by atoms with Crippen molar-refractivity contribution >= 4 is 22.4 Å². The molecule has 106 valence electrons. The Kier molecular flexibility index (Phi) is 3.52. The van der Waals surface area contributed by atoms with Gasteiger partial charge in [0.2, 0.25) is 0 Å². The number of hydrogen-bond donors (Lipinski definition) is 0. The van der Waals surface area contributed by atoms with Crippen molar-refractivity contribution < 1.29 is 4.74 Å². The molecule has 0 N–H and O–H groups in total. The van der Waals surface area contributed by atoms with Gasteiger partial charge in [0.1, 0.15) is 11.4 Å². The molecule has 0 saturated carbocycles. The van der Waals surface area contributed by atoms with Gasteiger partial charge in [0.15, 0.2) is 5.15 Å². The Balaban J connectivity index is 2.35. The van der Waals surface area contributed by atoms with E-state index in [0.29, 0.717) is 5.15 Å². The quantitative estimate of drug-likeness (QED) is 0.695. The molecule has 0 unspecified atom stereocenters. The van der Waals surface area contributed by atoms with E-state index in [-0.39, 0.29) is 0 Å². The number of rotatable bonds is 2. The molecule has 0 aliphatic heterocycles. The maximum atomic E-state index is 6.16. The number of benzene rings is 2. The summed E-state index contributed by atoms with van der Waals surface area (Å²) in [6.07, 6.45) is 0. The van der Waals surface area contributed by atoms with Crippen molar-refractivity contribution in [3.8, 4) is 17.0 Å². The second-order valence-corrected chi connectivity index (χ2v) is 5.45. The van der Waals surface area contributed by atoms with Crippen LogP contribution in [0.4, 0.5) is 0 Å². The van der Waals surface area contributed by atoms with Gasteiger partial charge in [-0.1, -0.05) is 35.4 Å². The van der Waals surface area contributed by atoms with Crippen LogP contribution >= 0.6 is 11.6 Å². The molecule has 3 nitrogen and oxygen atoms in total. The summed E-state index contributed by atoms with van der Waals surface area (Å²) in [6.45, 7) is 4.08. The largest absolute Gasteiger partial charge is 0.496 e. The third-order valence-electron chi connectivity index (χ3n) is 3.50. The SMILES string of the molecule is COc1cc(C)ccc1-c1nnc(Cl)c2ccc(C)cc12. The predicted octanol–water partition coefficient (Wildman–Crippen LogP) is 4.58. The maximum absolute atomic E-state index is 6.16. The Hall–Kier alpha value is -2.13. The highest BCUT2D eigenvalue weighted by Gasteiger charge is 2.14. The Morgan fingerprint density at radius 3 is 2.38 bits per heavy atom. The minimum absolute atomic E-state index is 0.417. The molecule has 1 heterocycles. The summed E-state index contributed by atoms with van der Waals surface area (Å²) in [5.74, 6) is 0.787. The fourth-order valence-electron chi connectivity index (χ4n) is 2.43. The van der Waals surface area contributed by atoms with Crippen molar-refractivity contribution in [3.63, 3.8) is 0 Å². The van der Waals surface area contributed by atoms with Crippen molar-refractivity contribution in [2.45, 2.75) is 13.8 Å². The van der Waals surface area contributed by atoms with Crippen LogP contribution < -0.4 is 4.74 Å². The van der Waals surface area contributed by atoms with E-state index in [1.165, 1.54) is 0 Å². The number of methoxy groups -OCH3 is 1. The third-order valence-corrected chi connectivity index (χ3v) is 3.78. The zero-order valence-corrected chi connectivity index (χ0v) is 12.9. The van der Waals surface area contributed by atoms with E-state index in [4.69, 9.17) is 16.3 Å². The number of aryl methyl sites for hydroxylation is 2. The van der Waals surface area contributed by atoms with Crippen LogP contribution in [0.1, 0.15) is 11.1 Å². The molecule has 3 rings (SSSR count). The van der Waals surface area contributed by atoms with Crippen LogP contribution in [0.15, 0.2) is 36.4 Å². The highest BCUT2D eigenvalue weighted by molar-refractivity contribution is 6.34. The van der Waals surface area contributed by atoms with E-state index in [2.05, 4.69) is 16.3 Å². The van der Waals surface area contributed by atoms with E-state index in [1.54, 1.807) is 7.11 Å². The first-order valence-corrected chi connectivity index (χ1v) is 7.05. The molecular weight excluding hydrogens is 284 g/mol. The predicted molar refractivity (Wildman–Crippen MR) is 86.0 cm³/mol. The molecule has 0 fully saturated rings. The van der Waals surface area contributed by atoms with Gasteiger partial charge in [-0.25, -0.2) is 0 Å². The molecule has 1 aromatic heterocycles. The molecular formula is C17H15ClN2O. The van der Waals surface area contributed by atoms with Gasteiger partial charge in [0.25, 0.3) is 0 Å². The van der Waals surface area contributed by atoms with Crippen molar-refractivity contribution in [1.82, 2.24) is 10.2 Å². The third kappa shape index (κ3) is 2.45. The van der Waals surface area contributed by atoms with Crippen LogP contribution in [0.3, 0.4) is 0 Å². The van der Waals surface area contributed by atoms with Gasteiger partial charge in [-0.05, 0) is 37.6 Å². The number of fused-ring (bicyclic) bond motifs is 1. The lowest BCUT2D eigenvalue weighted by atomic mass is 10.0. The molecule has 4 heteroatoms. The van der Waals surface area contributed by atoms with Crippen molar-refractivity contribution in [3.05, 3.63) is 52.7 Å². The first-order chi connectivity index (χ1) is 10.1. The molecule has 3 aromatic rings. The van der Waals surface area contributed by atoms with Crippen LogP contribution in [0.5, 0.6) is 5.75 Å². The van der Waals surface area contributed by atoms with E-state index in [1.807, 2.05) is 44.2 Å². The Morgan fingerprint density at radius 2 is 1.62 bits per heavy atom. The molecule has 0 saturated heterocycles. The van der Waals surface area contributed by atoms with Gasteiger partial charge in [-0.15, -0.1) is 10.2 Å². The molecule has 0 bridgehead atoms. The first-order valence-electron chi connectivity index (χ1n) is 6.67.